The third kappa shape index (κ3) is 4.08. The van der Waals surface area contributed by atoms with Gasteiger partial charge in [0.25, 0.3) is 0 Å². The standard InChI is InChI=1S/C20H22N6O2/c27-20(18(16-3-1-5-21-13-16)25-9-11-28-12-10-25)24-14-17-4-2-6-23-19(17)26-8-7-22-15-26/h1-8,13,15,18H,9-12,14H2,(H,24,27). The van der Waals surface area contributed by atoms with Crippen molar-refractivity contribution < 1.29 is 9.53 Å². The molecule has 1 N–H and O–H groups in total. The maximum Gasteiger partial charge on any atom is 0.242 e. The highest BCUT2D eigenvalue weighted by Crippen LogP contribution is 2.22. The van der Waals surface area contributed by atoms with E-state index in [1.165, 1.54) is 0 Å². The van der Waals surface area contributed by atoms with Gasteiger partial charge in [0.15, 0.2) is 0 Å². The van der Waals surface area contributed by atoms with Crippen molar-refractivity contribution >= 4 is 5.91 Å². The van der Waals surface area contributed by atoms with Crippen molar-refractivity contribution in [1.29, 1.82) is 0 Å². The number of carbonyl (C=O) groups is 1. The van der Waals surface area contributed by atoms with Crippen LogP contribution < -0.4 is 5.32 Å². The minimum absolute atomic E-state index is 0.0599. The summed E-state index contributed by atoms with van der Waals surface area (Å²) < 4.78 is 7.28. The van der Waals surface area contributed by atoms with Gasteiger partial charge in [-0.1, -0.05) is 12.1 Å². The predicted molar refractivity (Wildman–Crippen MR) is 103 cm³/mol. The SMILES string of the molecule is O=C(NCc1cccnc1-n1ccnc1)C(c1cccnc1)N1CCOCC1. The summed E-state index contributed by atoms with van der Waals surface area (Å²) in [5, 5.41) is 3.07. The quantitative estimate of drug-likeness (QED) is 0.697. The molecule has 8 heteroatoms. The van der Waals surface area contributed by atoms with Crippen LogP contribution >= 0.6 is 0 Å². The van der Waals surface area contributed by atoms with E-state index in [4.69, 9.17) is 4.74 Å². The van der Waals surface area contributed by atoms with Crippen LogP contribution in [0.15, 0.2) is 61.6 Å². The van der Waals surface area contributed by atoms with Crippen LogP contribution in [0.5, 0.6) is 0 Å². The lowest BCUT2D eigenvalue weighted by molar-refractivity contribution is -0.128. The van der Waals surface area contributed by atoms with Gasteiger partial charge in [-0.05, 0) is 17.7 Å². The van der Waals surface area contributed by atoms with Crippen LogP contribution in [0.2, 0.25) is 0 Å². The molecule has 4 rings (SSSR count). The van der Waals surface area contributed by atoms with Crippen LogP contribution in [0.3, 0.4) is 0 Å². The van der Waals surface area contributed by atoms with Gasteiger partial charge >= 0.3 is 0 Å². The largest absolute Gasteiger partial charge is 0.379 e. The van der Waals surface area contributed by atoms with Crippen LogP contribution in [0.25, 0.3) is 5.82 Å². The van der Waals surface area contributed by atoms with Crippen molar-refractivity contribution in [3.8, 4) is 5.82 Å². The van der Waals surface area contributed by atoms with Gasteiger partial charge in [0.2, 0.25) is 5.91 Å². The van der Waals surface area contributed by atoms with Crippen molar-refractivity contribution in [1.82, 2.24) is 29.7 Å². The molecule has 0 aliphatic carbocycles. The molecule has 1 amide bonds. The molecule has 144 valence electrons. The highest BCUT2D eigenvalue weighted by molar-refractivity contribution is 5.83. The van der Waals surface area contributed by atoms with Gasteiger partial charge in [0.1, 0.15) is 18.2 Å². The minimum Gasteiger partial charge on any atom is -0.379 e. The third-order valence-corrected chi connectivity index (χ3v) is 4.73. The van der Waals surface area contributed by atoms with Crippen LogP contribution in [0.1, 0.15) is 17.2 Å². The second-order valence-electron chi connectivity index (χ2n) is 6.51. The molecule has 8 nitrogen and oxygen atoms in total. The Bertz CT molecular complexity index is 894. The number of hydrogen-bond donors (Lipinski definition) is 1. The van der Waals surface area contributed by atoms with Crippen LogP contribution in [0.4, 0.5) is 0 Å². The van der Waals surface area contributed by atoms with Crippen LogP contribution in [-0.2, 0) is 16.1 Å². The van der Waals surface area contributed by atoms with Gasteiger partial charge in [-0.25, -0.2) is 9.97 Å². The second kappa shape index (κ2) is 8.73. The smallest absolute Gasteiger partial charge is 0.242 e. The van der Waals surface area contributed by atoms with Crippen molar-refractivity contribution in [2.45, 2.75) is 12.6 Å². The zero-order valence-corrected chi connectivity index (χ0v) is 15.4. The van der Waals surface area contributed by atoms with E-state index in [9.17, 15) is 4.79 Å². The van der Waals surface area contributed by atoms with E-state index in [1.807, 2.05) is 35.0 Å². The maximum atomic E-state index is 13.2. The van der Waals surface area contributed by atoms with E-state index in [1.54, 1.807) is 31.1 Å². The average molecular weight is 378 g/mol. The van der Waals surface area contributed by atoms with E-state index in [2.05, 4.69) is 25.2 Å². The predicted octanol–water partition coefficient (Wildman–Crippen LogP) is 1.35. The molecule has 3 aromatic heterocycles. The fourth-order valence-corrected chi connectivity index (χ4v) is 3.37. The first-order valence-electron chi connectivity index (χ1n) is 9.24. The number of hydrogen-bond acceptors (Lipinski definition) is 6. The number of nitrogens with zero attached hydrogens (tertiary/aromatic N) is 5. The summed E-state index contributed by atoms with van der Waals surface area (Å²) >= 11 is 0. The number of ether oxygens (including phenoxy) is 1. The molecule has 0 bridgehead atoms. The molecule has 1 unspecified atom stereocenters. The van der Waals surface area contributed by atoms with E-state index in [-0.39, 0.29) is 5.91 Å². The molecule has 1 fully saturated rings. The fraction of sp³-hybridized carbons (Fsp3) is 0.300. The number of imidazole rings is 1. The number of carbonyl (C=O) groups excluding carboxylic acids is 1. The normalized spacial score (nSPS) is 15.9. The van der Waals surface area contributed by atoms with Gasteiger partial charge in [0, 0.05) is 56.2 Å². The van der Waals surface area contributed by atoms with Gasteiger partial charge in [0.05, 0.1) is 13.2 Å². The number of rotatable bonds is 6. The number of aromatic nitrogens is 4. The Morgan fingerprint density at radius 1 is 1.14 bits per heavy atom. The molecule has 28 heavy (non-hydrogen) atoms. The first-order valence-corrected chi connectivity index (χ1v) is 9.24. The first kappa shape index (κ1) is 18.3. The number of pyridine rings is 2. The topological polar surface area (TPSA) is 85.2 Å². The first-order chi connectivity index (χ1) is 13.8. The summed E-state index contributed by atoms with van der Waals surface area (Å²) in [5.41, 5.74) is 1.80. The minimum atomic E-state index is -0.397. The molecule has 3 aromatic rings. The molecule has 0 aromatic carbocycles. The van der Waals surface area contributed by atoms with Gasteiger partial charge in [-0.3, -0.25) is 19.2 Å². The summed E-state index contributed by atoms with van der Waals surface area (Å²) in [6, 6.07) is 7.21. The molecule has 0 spiro atoms. The monoisotopic (exact) mass is 378 g/mol. The van der Waals surface area contributed by atoms with Gasteiger partial charge in [-0.2, -0.15) is 0 Å². The molecule has 4 heterocycles. The second-order valence-corrected chi connectivity index (χ2v) is 6.51. The van der Waals surface area contributed by atoms with Crippen LogP contribution in [0, 0.1) is 0 Å². The highest BCUT2D eigenvalue weighted by Gasteiger charge is 2.29. The zero-order chi connectivity index (χ0) is 19.2. The van der Waals surface area contributed by atoms with Gasteiger partial charge < -0.3 is 10.1 Å². The highest BCUT2D eigenvalue weighted by atomic mass is 16.5. The van der Waals surface area contributed by atoms with Crippen molar-refractivity contribution in [2.75, 3.05) is 26.3 Å². The number of morpholine rings is 1. The summed E-state index contributed by atoms with van der Waals surface area (Å²) in [6.07, 6.45) is 10.4. The Morgan fingerprint density at radius 3 is 2.75 bits per heavy atom. The lowest BCUT2D eigenvalue weighted by atomic mass is 10.1. The fourth-order valence-electron chi connectivity index (χ4n) is 3.37. The van der Waals surface area contributed by atoms with Crippen molar-refractivity contribution in [3.63, 3.8) is 0 Å². The van der Waals surface area contributed by atoms with E-state index < -0.39 is 6.04 Å². The molecule has 0 radical (unpaired) electrons. The third-order valence-electron chi connectivity index (χ3n) is 4.73. The molecule has 0 saturated carbocycles. The Morgan fingerprint density at radius 2 is 2.00 bits per heavy atom. The van der Waals surface area contributed by atoms with Crippen molar-refractivity contribution in [2.24, 2.45) is 0 Å². The molecule has 1 atom stereocenters. The molecule has 1 aliphatic rings. The lowest BCUT2D eigenvalue weighted by Crippen LogP contribution is -2.45. The molecular weight excluding hydrogens is 356 g/mol. The summed E-state index contributed by atoms with van der Waals surface area (Å²) in [7, 11) is 0. The van der Waals surface area contributed by atoms with E-state index >= 15 is 0 Å². The molecular formula is C20H22N6O2. The Kier molecular flexibility index (Phi) is 5.69. The maximum absolute atomic E-state index is 13.2. The van der Waals surface area contributed by atoms with E-state index in [0.29, 0.717) is 32.8 Å². The summed E-state index contributed by atoms with van der Waals surface area (Å²) in [4.78, 5) is 28.0. The zero-order valence-electron chi connectivity index (χ0n) is 15.4. The Labute approximate surface area is 163 Å². The summed E-state index contributed by atoms with van der Waals surface area (Å²) in [6.45, 7) is 3.04. The Balaban J connectivity index is 1.53. The average Bonchev–Trinajstić information content (AvgIpc) is 3.29. The Hall–Kier alpha value is -3.10. The van der Waals surface area contributed by atoms with Gasteiger partial charge in [-0.15, -0.1) is 0 Å². The van der Waals surface area contributed by atoms with Crippen LogP contribution in [-0.4, -0.2) is 56.6 Å². The summed E-state index contributed by atoms with van der Waals surface area (Å²) in [5.74, 6) is 0.694. The lowest BCUT2D eigenvalue weighted by Gasteiger charge is -2.33. The number of amides is 1. The van der Waals surface area contributed by atoms with E-state index in [0.717, 1.165) is 16.9 Å². The molecule has 1 aliphatic heterocycles. The molecule has 1 saturated heterocycles. The van der Waals surface area contributed by atoms with Crippen molar-refractivity contribution in [3.05, 3.63) is 72.7 Å². The number of nitrogens with one attached hydrogen (secondary N) is 1.